The van der Waals surface area contributed by atoms with Gasteiger partial charge in [-0.2, -0.15) is 0 Å². The van der Waals surface area contributed by atoms with Gasteiger partial charge in [-0.15, -0.1) is 0 Å². The van der Waals surface area contributed by atoms with Gasteiger partial charge in [0.2, 0.25) is 21.8 Å². The highest BCUT2D eigenvalue weighted by Crippen LogP contribution is 2.23. The Morgan fingerprint density at radius 3 is 2.03 bits per heavy atom. The number of nitrogens with one attached hydrogen (secondary N) is 2. The lowest BCUT2D eigenvalue weighted by molar-refractivity contribution is -0.141. The van der Waals surface area contributed by atoms with Crippen LogP contribution in [0.2, 0.25) is 0 Å². The number of nitrogens with zero attached hydrogens (tertiary/aromatic N) is 1. The monoisotopic (exact) mass is 519 g/mol. The number of benzene rings is 3. The second-order valence-corrected chi connectivity index (χ2v) is 11.1. The van der Waals surface area contributed by atoms with Crippen LogP contribution in [0.25, 0.3) is 0 Å². The molecule has 4 rings (SSSR count). The van der Waals surface area contributed by atoms with E-state index in [9.17, 15) is 18.0 Å². The van der Waals surface area contributed by atoms with Crippen molar-refractivity contribution in [1.29, 1.82) is 0 Å². The second-order valence-electron chi connectivity index (χ2n) is 9.37. The lowest BCUT2D eigenvalue weighted by Crippen LogP contribution is -2.49. The van der Waals surface area contributed by atoms with Gasteiger partial charge in [0.15, 0.2) is 0 Å². The van der Waals surface area contributed by atoms with E-state index in [0.29, 0.717) is 19.4 Å². The molecule has 0 heterocycles. The van der Waals surface area contributed by atoms with E-state index in [1.165, 1.54) is 0 Å². The largest absolute Gasteiger partial charge is 0.357 e. The first-order valence-corrected chi connectivity index (χ1v) is 14.0. The molecule has 1 saturated carbocycles. The molecule has 0 radical (unpaired) electrons. The number of rotatable bonds is 12. The molecule has 3 aromatic rings. The predicted molar refractivity (Wildman–Crippen MR) is 143 cm³/mol. The molecule has 1 fully saturated rings. The Bertz CT molecular complexity index is 1290. The number of hydrogen-bond donors (Lipinski definition) is 2. The lowest BCUT2D eigenvalue weighted by atomic mass is 10.0. The topological polar surface area (TPSA) is 95.6 Å². The molecule has 7 nitrogen and oxygen atoms in total. The van der Waals surface area contributed by atoms with Crippen LogP contribution in [0, 0.1) is 0 Å². The molecule has 0 bridgehead atoms. The van der Waals surface area contributed by atoms with Gasteiger partial charge in [-0.1, -0.05) is 72.8 Å². The van der Waals surface area contributed by atoms with Crippen LogP contribution in [-0.2, 0) is 39.0 Å². The van der Waals surface area contributed by atoms with Gasteiger partial charge >= 0.3 is 0 Å². The molecule has 1 atom stereocenters. The molecule has 0 unspecified atom stereocenters. The number of aryl methyl sites for hydroxylation is 1. The van der Waals surface area contributed by atoms with E-state index < -0.39 is 16.1 Å². The Morgan fingerprint density at radius 1 is 0.865 bits per heavy atom. The van der Waals surface area contributed by atoms with Crippen LogP contribution in [0.4, 0.5) is 0 Å². The summed E-state index contributed by atoms with van der Waals surface area (Å²) in [5.74, 6) is -0.355. The summed E-state index contributed by atoms with van der Waals surface area (Å²) in [6, 6.07) is 25.3. The normalized spacial score (nSPS) is 14.1. The van der Waals surface area contributed by atoms with Crippen molar-refractivity contribution in [3.05, 3.63) is 102 Å². The minimum absolute atomic E-state index is 0.0436. The van der Waals surface area contributed by atoms with Crippen molar-refractivity contribution in [2.75, 3.05) is 7.05 Å². The number of carbonyl (C=O) groups excluding carboxylic acids is 2. The average Bonchev–Trinajstić information content (AvgIpc) is 3.73. The van der Waals surface area contributed by atoms with Crippen LogP contribution in [0.3, 0.4) is 0 Å². The van der Waals surface area contributed by atoms with Gasteiger partial charge < -0.3 is 10.2 Å². The van der Waals surface area contributed by atoms with Crippen LogP contribution >= 0.6 is 0 Å². The highest BCUT2D eigenvalue weighted by Gasteiger charge is 2.30. The molecule has 2 N–H and O–H groups in total. The number of amides is 2. The van der Waals surface area contributed by atoms with Crippen molar-refractivity contribution in [2.24, 2.45) is 0 Å². The molecular formula is C29H33N3O4S. The van der Waals surface area contributed by atoms with Gasteiger partial charge in [0.25, 0.3) is 0 Å². The van der Waals surface area contributed by atoms with Gasteiger partial charge in [0.1, 0.15) is 6.04 Å². The summed E-state index contributed by atoms with van der Waals surface area (Å²) in [5.41, 5.74) is 2.77. The van der Waals surface area contributed by atoms with Gasteiger partial charge in [-0.25, -0.2) is 13.1 Å². The van der Waals surface area contributed by atoms with Crippen LogP contribution in [-0.4, -0.2) is 44.3 Å². The van der Waals surface area contributed by atoms with Gasteiger partial charge in [0, 0.05) is 32.5 Å². The van der Waals surface area contributed by atoms with Gasteiger partial charge in [-0.05, 0) is 48.1 Å². The summed E-state index contributed by atoms with van der Waals surface area (Å²) >= 11 is 0. The van der Waals surface area contributed by atoms with Crippen molar-refractivity contribution < 1.29 is 18.0 Å². The van der Waals surface area contributed by atoms with Crippen LogP contribution in [0.5, 0.6) is 0 Å². The van der Waals surface area contributed by atoms with E-state index in [0.717, 1.165) is 29.5 Å². The molecule has 1 aliphatic carbocycles. The zero-order valence-corrected chi connectivity index (χ0v) is 21.8. The summed E-state index contributed by atoms with van der Waals surface area (Å²) in [5, 5.41) is 2.72. The molecule has 0 aliphatic heterocycles. The van der Waals surface area contributed by atoms with Crippen LogP contribution in [0.15, 0.2) is 89.8 Å². The van der Waals surface area contributed by atoms with E-state index in [1.54, 1.807) is 36.2 Å². The van der Waals surface area contributed by atoms with Crippen molar-refractivity contribution in [1.82, 2.24) is 14.9 Å². The Kier molecular flexibility index (Phi) is 8.74. The smallest absolute Gasteiger partial charge is 0.242 e. The highest BCUT2D eigenvalue weighted by atomic mass is 32.2. The maximum atomic E-state index is 13.6. The van der Waals surface area contributed by atoms with Gasteiger partial charge in [0.05, 0.1) is 4.90 Å². The minimum Gasteiger partial charge on any atom is -0.357 e. The summed E-state index contributed by atoms with van der Waals surface area (Å²) < 4.78 is 27.5. The molecule has 194 valence electrons. The predicted octanol–water partition coefficient (Wildman–Crippen LogP) is 3.45. The number of likely N-dealkylation sites (N-methyl/N-ethyl adjacent to an activating group) is 1. The third-order valence-corrected chi connectivity index (χ3v) is 8.01. The quantitative estimate of drug-likeness (QED) is 0.383. The standard InChI is InChI=1S/C29H33N3O4S/c1-30-29(34)27(20-23-8-4-2-5-9-23)32(21-24-10-6-3-7-11-24)28(33)19-14-22-12-17-26(18-13-22)37(35,36)31-25-15-16-25/h2-13,17-18,25,27,31H,14-16,19-21H2,1H3,(H,30,34)/t27-/m0/s1. The van der Waals surface area contributed by atoms with E-state index in [-0.39, 0.29) is 29.2 Å². The Balaban J connectivity index is 1.50. The fraction of sp³-hybridized carbons (Fsp3) is 0.310. The Morgan fingerprint density at radius 2 is 1.46 bits per heavy atom. The fourth-order valence-electron chi connectivity index (χ4n) is 4.22. The number of hydrogen-bond acceptors (Lipinski definition) is 4. The number of sulfonamides is 1. The van der Waals surface area contributed by atoms with E-state index in [4.69, 9.17) is 0 Å². The second kappa shape index (κ2) is 12.2. The molecule has 2 amide bonds. The lowest BCUT2D eigenvalue weighted by Gasteiger charge is -2.31. The average molecular weight is 520 g/mol. The van der Waals surface area contributed by atoms with E-state index in [2.05, 4.69) is 10.0 Å². The third-order valence-electron chi connectivity index (χ3n) is 6.47. The third kappa shape index (κ3) is 7.50. The van der Waals surface area contributed by atoms with Crippen molar-refractivity contribution in [2.45, 2.75) is 55.6 Å². The SMILES string of the molecule is CNC(=O)[C@H](Cc1ccccc1)N(Cc1ccccc1)C(=O)CCc1ccc(S(=O)(=O)NC2CC2)cc1. The maximum Gasteiger partial charge on any atom is 0.242 e. The van der Waals surface area contributed by atoms with Crippen LogP contribution < -0.4 is 10.0 Å². The zero-order valence-electron chi connectivity index (χ0n) is 21.0. The van der Waals surface area contributed by atoms with E-state index in [1.807, 2.05) is 60.7 Å². The molecule has 1 aliphatic rings. The Hall–Kier alpha value is -3.49. The summed E-state index contributed by atoms with van der Waals surface area (Å²) in [6.07, 6.45) is 2.79. The summed E-state index contributed by atoms with van der Waals surface area (Å²) in [4.78, 5) is 28.4. The molecule has 0 saturated heterocycles. The van der Waals surface area contributed by atoms with Crippen LogP contribution in [0.1, 0.15) is 36.0 Å². The first kappa shape index (κ1) is 26.6. The highest BCUT2D eigenvalue weighted by molar-refractivity contribution is 7.89. The van der Waals surface area contributed by atoms with Gasteiger partial charge in [-0.3, -0.25) is 9.59 Å². The molecule has 37 heavy (non-hydrogen) atoms. The first-order chi connectivity index (χ1) is 17.9. The molecular weight excluding hydrogens is 486 g/mol. The van der Waals surface area contributed by atoms with Crippen molar-refractivity contribution in [3.8, 4) is 0 Å². The zero-order chi connectivity index (χ0) is 26.3. The summed E-state index contributed by atoms with van der Waals surface area (Å²) in [7, 11) is -1.93. The minimum atomic E-state index is -3.52. The molecule has 0 aromatic heterocycles. The van der Waals surface area contributed by atoms with Crippen molar-refractivity contribution in [3.63, 3.8) is 0 Å². The molecule has 3 aromatic carbocycles. The maximum absolute atomic E-state index is 13.6. The van der Waals surface area contributed by atoms with Crippen molar-refractivity contribution >= 4 is 21.8 Å². The Labute approximate surface area is 218 Å². The molecule has 0 spiro atoms. The fourth-order valence-corrected chi connectivity index (χ4v) is 5.52. The molecule has 8 heteroatoms. The first-order valence-electron chi connectivity index (χ1n) is 12.6. The number of carbonyl (C=O) groups is 2. The van der Waals surface area contributed by atoms with E-state index >= 15 is 0 Å². The summed E-state index contributed by atoms with van der Waals surface area (Å²) in [6.45, 7) is 0.314.